The zero-order valence-corrected chi connectivity index (χ0v) is 7.04. The Hall–Kier alpha value is -1.18. The molecule has 0 aromatic heterocycles. The SMILES string of the molecule is N#CCC(=O)N1CC[C@H](C(F)F)C1. The topological polar surface area (TPSA) is 44.1 Å². The van der Waals surface area contributed by atoms with Crippen molar-refractivity contribution in [3.63, 3.8) is 0 Å². The number of carbonyl (C=O) groups excluding carboxylic acids is 1. The average Bonchev–Trinajstić information content (AvgIpc) is 2.52. The van der Waals surface area contributed by atoms with Gasteiger partial charge in [0.15, 0.2) is 0 Å². The number of alkyl halides is 2. The summed E-state index contributed by atoms with van der Waals surface area (Å²) in [6, 6.07) is 1.71. The largest absolute Gasteiger partial charge is 0.341 e. The molecule has 1 heterocycles. The highest BCUT2D eigenvalue weighted by Crippen LogP contribution is 2.22. The Bertz CT molecular complexity index is 237. The number of nitriles is 1. The van der Waals surface area contributed by atoms with Crippen LogP contribution in [-0.4, -0.2) is 30.3 Å². The van der Waals surface area contributed by atoms with Gasteiger partial charge in [0.2, 0.25) is 12.3 Å². The molecule has 0 aromatic carbocycles. The number of amides is 1. The van der Waals surface area contributed by atoms with Crippen LogP contribution in [0.15, 0.2) is 0 Å². The Labute approximate surface area is 74.9 Å². The molecule has 0 bridgehead atoms. The second-order valence-electron chi connectivity index (χ2n) is 3.06. The van der Waals surface area contributed by atoms with Crippen LogP contribution in [0.2, 0.25) is 0 Å². The number of hydrogen-bond acceptors (Lipinski definition) is 2. The van der Waals surface area contributed by atoms with E-state index >= 15 is 0 Å². The van der Waals surface area contributed by atoms with Crippen LogP contribution in [0, 0.1) is 17.2 Å². The number of likely N-dealkylation sites (tertiary alicyclic amines) is 1. The Morgan fingerprint density at radius 3 is 2.85 bits per heavy atom. The molecule has 1 aliphatic heterocycles. The van der Waals surface area contributed by atoms with E-state index in [1.807, 2.05) is 0 Å². The van der Waals surface area contributed by atoms with Crippen molar-refractivity contribution in [3.8, 4) is 6.07 Å². The predicted molar refractivity (Wildman–Crippen MR) is 40.9 cm³/mol. The summed E-state index contributed by atoms with van der Waals surface area (Å²) in [5, 5.41) is 8.23. The normalized spacial score (nSPS) is 22.0. The number of carbonyl (C=O) groups is 1. The van der Waals surface area contributed by atoms with Crippen molar-refractivity contribution in [1.29, 1.82) is 5.26 Å². The molecule has 1 fully saturated rings. The Morgan fingerprint density at radius 2 is 2.38 bits per heavy atom. The van der Waals surface area contributed by atoms with Crippen LogP contribution in [0.5, 0.6) is 0 Å². The third kappa shape index (κ3) is 2.38. The lowest BCUT2D eigenvalue weighted by Crippen LogP contribution is -2.29. The lowest BCUT2D eigenvalue weighted by molar-refractivity contribution is -0.129. The fraction of sp³-hybridized carbons (Fsp3) is 0.750. The summed E-state index contributed by atoms with van der Waals surface area (Å²) in [5.74, 6) is -1.05. The van der Waals surface area contributed by atoms with Crippen LogP contribution >= 0.6 is 0 Å². The molecule has 0 saturated carbocycles. The highest BCUT2D eigenvalue weighted by atomic mass is 19.3. The highest BCUT2D eigenvalue weighted by molar-refractivity contribution is 5.78. The minimum absolute atomic E-state index is 0.0954. The van der Waals surface area contributed by atoms with Crippen LogP contribution < -0.4 is 0 Å². The first-order valence-corrected chi connectivity index (χ1v) is 4.08. The van der Waals surface area contributed by atoms with Crippen LogP contribution in [0.25, 0.3) is 0 Å². The molecule has 72 valence electrons. The maximum atomic E-state index is 12.2. The quantitative estimate of drug-likeness (QED) is 0.649. The van der Waals surface area contributed by atoms with Gasteiger partial charge in [-0.15, -0.1) is 0 Å². The van der Waals surface area contributed by atoms with E-state index in [1.165, 1.54) is 4.90 Å². The zero-order chi connectivity index (χ0) is 9.84. The second kappa shape index (κ2) is 4.17. The molecular formula is C8H10F2N2O. The molecule has 1 atom stereocenters. The van der Waals surface area contributed by atoms with Crippen LogP contribution in [0.1, 0.15) is 12.8 Å². The number of halogens is 2. The van der Waals surface area contributed by atoms with Crippen LogP contribution in [-0.2, 0) is 4.79 Å². The molecule has 13 heavy (non-hydrogen) atoms. The van der Waals surface area contributed by atoms with Crippen molar-refractivity contribution in [2.75, 3.05) is 13.1 Å². The predicted octanol–water partition coefficient (Wildman–Crippen LogP) is 1.01. The molecule has 1 saturated heterocycles. The molecule has 0 unspecified atom stereocenters. The van der Waals surface area contributed by atoms with E-state index < -0.39 is 12.3 Å². The van der Waals surface area contributed by atoms with Gasteiger partial charge in [-0.05, 0) is 6.42 Å². The van der Waals surface area contributed by atoms with E-state index in [4.69, 9.17) is 5.26 Å². The van der Waals surface area contributed by atoms with E-state index in [2.05, 4.69) is 0 Å². The van der Waals surface area contributed by atoms with Gasteiger partial charge in [0.05, 0.1) is 6.07 Å². The number of nitrogens with zero attached hydrogens (tertiary/aromatic N) is 2. The van der Waals surface area contributed by atoms with Crippen molar-refractivity contribution in [3.05, 3.63) is 0 Å². The Morgan fingerprint density at radius 1 is 1.69 bits per heavy atom. The van der Waals surface area contributed by atoms with E-state index in [0.717, 1.165) is 0 Å². The van der Waals surface area contributed by atoms with Crippen molar-refractivity contribution >= 4 is 5.91 Å². The summed E-state index contributed by atoms with van der Waals surface area (Å²) >= 11 is 0. The van der Waals surface area contributed by atoms with Crippen molar-refractivity contribution < 1.29 is 13.6 Å². The molecule has 3 nitrogen and oxygen atoms in total. The summed E-state index contributed by atoms with van der Waals surface area (Å²) < 4.78 is 24.3. The lowest BCUT2D eigenvalue weighted by atomic mass is 10.1. The highest BCUT2D eigenvalue weighted by Gasteiger charge is 2.31. The van der Waals surface area contributed by atoms with Gasteiger partial charge in [0.1, 0.15) is 6.42 Å². The van der Waals surface area contributed by atoms with Gasteiger partial charge in [-0.25, -0.2) is 8.78 Å². The Balaban J connectivity index is 2.41. The van der Waals surface area contributed by atoms with Gasteiger partial charge >= 0.3 is 0 Å². The summed E-state index contributed by atoms with van der Waals surface area (Å²) in [6.07, 6.45) is -2.23. The minimum atomic E-state index is -2.36. The first-order valence-electron chi connectivity index (χ1n) is 4.08. The molecule has 5 heteroatoms. The minimum Gasteiger partial charge on any atom is -0.341 e. The summed E-state index contributed by atoms with van der Waals surface area (Å²) in [6.45, 7) is 0.452. The lowest BCUT2D eigenvalue weighted by Gasteiger charge is -2.14. The molecular weight excluding hydrogens is 178 g/mol. The van der Waals surface area contributed by atoms with Crippen molar-refractivity contribution in [1.82, 2.24) is 4.90 Å². The number of hydrogen-bond donors (Lipinski definition) is 0. The monoisotopic (exact) mass is 188 g/mol. The van der Waals surface area contributed by atoms with Gasteiger partial charge in [-0.2, -0.15) is 5.26 Å². The van der Waals surface area contributed by atoms with Crippen LogP contribution in [0.4, 0.5) is 8.78 Å². The van der Waals surface area contributed by atoms with E-state index in [1.54, 1.807) is 6.07 Å². The van der Waals surface area contributed by atoms with E-state index in [0.29, 0.717) is 13.0 Å². The average molecular weight is 188 g/mol. The third-order valence-corrected chi connectivity index (χ3v) is 2.16. The molecule has 0 spiro atoms. The summed E-state index contributed by atoms with van der Waals surface area (Å²) in [7, 11) is 0. The molecule has 1 amide bonds. The van der Waals surface area contributed by atoms with Gasteiger partial charge in [0, 0.05) is 19.0 Å². The molecule has 0 radical (unpaired) electrons. The molecule has 0 aliphatic carbocycles. The summed E-state index contributed by atoms with van der Waals surface area (Å²) in [4.78, 5) is 12.4. The Kier molecular flexibility index (Phi) is 3.18. The first-order chi connectivity index (χ1) is 6.15. The molecule has 1 rings (SSSR count). The van der Waals surface area contributed by atoms with Crippen LogP contribution in [0.3, 0.4) is 0 Å². The third-order valence-electron chi connectivity index (χ3n) is 2.16. The van der Waals surface area contributed by atoms with Gasteiger partial charge in [-0.1, -0.05) is 0 Å². The fourth-order valence-corrected chi connectivity index (χ4v) is 1.40. The first kappa shape index (κ1) is 9.90. The van der Waals surface area contributed by atoms with Gasteiger partial charge in [0.25, 0.3) is 0 Å². The zero-order valence-electron chi connectivity index (χ0n) is 7.04. The van der Waals surface area contributed by atoms with Crippen molar-refractivity contribution in [2.45, 2.75) is 19.3 Å². The van der Waals surface area contributed by atoms with E-state index in [9.17, 15) is 13.6 Å². The van der Waals surface area contributed by atoms with Gasteiger partial charge in [-0.3, -0.25) is 4.79 Å². The smallest absolute Gasteiger partial charge is 0.243 e. The second-order valence-corrected chi connectivity index (χ2v) is 3.06. The standard InChI is InChI=1S/C8H10F2N2O/c9-8(10)6-2-4-12(5-6)7(13)1-3-11/h6,8H,1-2,4-5H2/t6-/m0/s1. The van der Waals surface area contributed by atoms with E-state index in [-0.39, 0.29) is 18.9 Å². The molecule has 0 N–H and O–H groups in total. The maximum Gasteiger partial charge on any atom is 0.243 e. The van der Waals surface area contributed by atoms with Crippen molar-refractivity contribution in [2.24, 2.45) is 5.92 Å². The summed E-state index contributed by atoms with van der Waals surface area (Å²) in [5.41, 5.74) is 0. The molecule has 1 aliphatic rings. The molecule has 0 aromatic rings. The number of rotatable bonds is 2. The fourth-order valence-electron chi connectivity index (χ4n) is 1.40. The van der Waals surface area contributed by atoms with Gasteiger partial charge < -0.3 is 4.90 Å². The maximum absolute atomic E-state index is 12.2.